The number of benzene rings is 4. The lowest BCUT2D eigenvalue weighted by Gasteiger charge is -2.19. The van der Waals surface area contributed by atoms with Crippen LogP contribution >= 0.6 is 8.69 Å². The van der Waals surface area contributed by atoms with Crippen molar-refractivity contribution in [3.63, 3.8) is 0 Å². The zero-order chi connectivity index (χ0) is 26.9. The van der Waals surface area contributed by atoms with Crippen LogP contribution in [0.4, 0.5) is 0 Å². The molecule has 4 rings (SSSR count). The van der Waals surface area contributed by atoms with Gasteiger partial charge in [0.25, 0.3) is 0 Å². The molecular weight excluding hydrogens is 479 g/mol. The van der Waals surface area contributed by atoms with E-state index in [1.54, 1.807) is 24.3 Å². The zero-order valence-corrected chi connectivity index (χ0v) is 23.0. The highest BCUT2D eigenvalue weighted by Crippen LogP contribution is 2.43. The largest absolute Gasteiger partial charge is 0.542 e. The molecule has 4 aromatic rings. The molecule has 0 heterocycles. The lowest BCUT2D eigenvalue weighted by atomic mass is 9.84. The molecule has 5 heteroatoms. The number of ketones is 2. The van der Waals surface area contributed by atoms with Crippen LogP contribution in [-0.2, 0) is 4.57 Å². The molecular formula is C32H30O4P+. The summed E-state index contributed by atoms with van der Waals surface area (Å²) in [6.07, 6.45) is 0. The number of hydrogen-bond donors (Lipinski definition) is 0. The molecule has 37 heavy (non-hydrogen) atoms. The minimum Gasteiger partial charge on any atom is -0.289 e. The molecule has 0 N–H and O–H groups in total. The average Bonchev–Trinajstić information content (AvgIpc) is 2.87. The minimum atomic E-state index is -1.09. The third-order valence-corrected chi connectivity index (χ3v) is 7.37. The molecule has 0 fully saturated rings. The van der Waals surface area contributed by atoms with Crippen molar-refractivity contribution in [3.8, 4) is 16.9 Å². The van der Waals surface area contributed by atoms with Crippen molar-refractivity contribution in [2.75, 3.05) is 0 Å². The van der Waals surface area contributed by atoms with Crippen molar-refractivity contribution in [1.29, 1.82) is 0 Å². The third kappa shape index (κ3) is 4.77. The van der Waals surface area contributed by atoms with Crippen molar-refractivity contribution in [2.24, 2.45) is 0 Å². The highest BCUT2D eigenvalue weighted by Gasteiger charge is 2.30. The predicted octanol–water partition coefficient (Wildman–Crippen LogP) is 7.98. The summed E-state index contributed by atoms with van der Waals surface area (Å²) >= 11 is 0. The van der Waals surface area contributed by atoms with Gasteiger partial charge in [0, 0.05) is 22.3 Å². The van der Waals surface area contributed by atoms with Gasteiger partial charge in [-0.05, 0) is 79.5 Å². The molecule has 0 spiro atoms. The average molecular weight is 510 g/mol. The van der Waals surface area contributed by atoms with Gasteiger partial charge in [0.05, 0.1) is 5.56 Å². The first kappa shape index (κ1) is 26.2. The molecule has 4 nitrogen and oxygen atoms in total. The Balaban J connectivity index is 1.97. The second-order valence-corrected chi connectivity index (χ2v) is 9.85. The normalized spacial score (nSPS) is 11.0. The van der Waals surface area contributed by atoms with Gasteiger partial charge < -0.3 is 0 Å². The smallest absolute Gasteiger partial charge is 0.289 e. The van der Waals surface area contributed by atoms with Gasteiger partial charge in [-0.2, -0.15) is 0 Å². The summed E-state index contributed by atoms with van der Waals surface area (Å²) in [5, 5.41) is 0. The summed E-state index contributed by atoms with van der Waals surface area (Å²) in [5.74, 6) is -0.260. The number of aryl methyl sites for hydroxylation is 3. The molecule has 1 atom stereocenters. The van der Waals surface area contributed by atoms with Gasteiger partial charge >= 0.3 is 8.69 Å². The lowest BCUT2D eigenvalue weighted by molar-refractivity contribution is 0.100. The van der Waals surface area contributed by atoms with Gasteiger partial charge in [-0.25, -0.2) is 0 Å². The van der Waals surface area contributed by atoms with E-state index in [0.717, 1.165) is 44.5 Å². The summed E-state index contributed by atoms with van der Waals surface area (Å²) in [7, 11) is -1.09. The molecule has 0 saturated heterocycles. The number of hydrogen-bond acceptors (Lipinski definition) is 4. The Bertz CT molecular complexity index is 1530. The third-order valence-electron chi connectivity index (χ3n) is 7.08. The van der Waals surface area contributed by atoms with Crippen LogP contribution < -0.4 is 4.52 Å². The summed E-state index contributed by atoms with van der Waals surface area (Å²) < 4.78 is 17.5. The van der Waals surface area contributed by atoms with Crippen molar-refractivity contribution in [2.45, 2.75) is 41.5 Å². The fourth-order valence-corrected chi connectivity index (χ4v) is 5.47. The van der Waals surface area contributed by atoms with Crippen LogP contribution in [0.15, 0.2) is 66.7 Å². The highest BCUT2D eigenvalue weighted by atomic mass is 31.1. The van der Waals surface area contributed by atoms with Crippen LogP contribution in [0.2, 0.25) is 0 Å². The van der Waals surface area contributed by atoms with Crippen LogP contribution in [-0.4, -0.2) is 11.6 Å². The van der Waals surface area contributed by atoms with Crippen LogP contribution in [0.5, 0.6) is 5.75 Å². The van der Waals surface area contributed by atoms with Gasteiger partial charge in [0.15, 0.2) is 11.6 Å². The molecule has 4 aromatic carbocycles. The number of carbonyl (C=O) groups excluding carboxylic acids is 2. The molecule has 0 aliphatic heterocycles. The van der Waals surface area contributed by atoms with Crippen LogP contribution in [0, 0.1) is 41.5 Å². The van der Waals surface area contributed by atoms with Crippen LogP contribution in [0.1, 0.15) is 65.2 Å². The van der Waals surface area contributed by atoms with E-state index in [1.165, 1.54) is 0 Å². The number of carbonyl (C=O) groups is 2. The Morgan fingerprint density at radius 2 is 1.16 bits per heavy atom. The van der Waals surface area contributed by atoms with Gasteiger partial charge in [-0.3, -0.25) is 14.1 Å². The van der Waals surface area contributed by atoms with E-state index in [-0.39, 0.29) is 22.9 Å². The Morgan fingerprint density at radius 1 is 0.649 bits per heavy atom. The van der Waals surface area contributed by atoms with Crippen molar-refractivity contribution < 1.29 is 18.7 Å². The van der Waals surface area contributed by atoms with E-state index < -0.39 is 8.69 Å². The topological polar surface area (TPSA) is 60.4 Å². The maximum absolute atomic E-state index is 14.3. The highest BCUT2D eigenvalue weighted by molar-refractivity contribution is 7.17. The zero-order valence-electron chi connectivity index (χ0n) is 22.0. The van der Waals surface area contributed by atoms with E-state index in [0.29, 0.717) is 16.7 Å². The Labute approximate surface area is 219 Å². The van der Waals surface area contributed by atoms with E-state index in [1.807, 2.05) is 84.0 Å². The van der Waals surface area contributed by atoms with E-state index in [2.05, 4.69) is 0 Å². The van der Waals surface area contributed by atoms with E-state index in [4.69, 9.17) is 4.52 Å². The SMILES string of the molecule is Cc1cc(C)c(C(=O)c2ccccc2C(=O)c2c(C)c(C)c(C)c(-c3ccccc3)c2O[PH+]=O)c(C)c1. The number of rotatable bonds is 7. The van der Waals surface area contributed by atoms with Gasteiger partial charge in [-0.15, -0.1) is 0 Å². The molecule has 0 bridgehead atoms. The maximum Gasteiger partial charge on any atom is 0.542 e. The van der Waals surface area contributed by atoms with E-state index in [9.17, 15) is 14.2 Å². The standard InChI is InChI=1S/C32H30O4P/c1-18-16-19(2)27(20(3)17-18)30(33)25-14-10-11-15-26(25)31(34)29-23(6)21(4)22(5)28(32(29)36-37-35)24-12-8-7-9-13-24/h7-17,37H,1-6H3/q+1. The summed E-state index contributed by atoms with van der Waals surface area (Å²) in [4.78, 5) is 28.1. The quantitative estimate of drug-likeness (QED) is 0.187. The molecule has 0 amide bonds. The first-order valence-electron chi connectivity index (χ1n) is 12.2. The monoisotopic (exact) mass is 509 g/mol. The Kier molecular flexibility index (Phi) is 7.52. The first-order valence-corrected chi connectivity index (χ1v) is 13.0. The summed E-state index contributed by atoms with van der Waals surface area (Å²) in [5.41, 5.74) is 8.58. The lowest BCUT2D eigenvalue weighted by Crippen LogP contribution is -2.15. The Morgan fingerprint density at radius 3 is 1.70 bits per heavy atom. The van der Waals surface area contributed by atoms with Gasteiger partial charge in [-0.1, -0.05) is 72.3 Å². The molecule has 0 radical (unpaired) electrons. The van der Waals surface area contributed by atoms with Gasteiger partial charge in [0.2, 0.25) is 5.75 Å². The maximum atomic E-state index is 14.3. The molecule has 186 valence electrons. The second-order valence-electron chi connectivity index (χ2n) is 9.48. The Hall–Kier alpha value is -3.88. The van der Waals surface area contributed by atoms with E-state index >= 15 is 0 Å². The predicted molar refractivity (Wildman–Crippen MR) is 150 cm³/mol. The molecule has 0 aliphatic rings. The minimum absolute atomic E-state index is 0.197. The fourth-order valence-electron chi connectivity index (χ4n) is 5.18. The summed E-state index contributed by atoms with van der Waals surface area (Å²) in [6, 6.07) is 20.5. The first-order chi connectivity index (χ1) is 17.7. The molecule has 0 aliphatic carbocycles. The molecule has 0 aromatic heterocycles. The van der Waals surface area contributed by atoms with Crippen LogP contribution in [0.25, 0.3) is 11.1 Å². The van der Waals surface area contributed by atoms with Gasteiger partial charge in [0.1, 0.15) is 0 Å². The van der Waals surface area contributed by atoms with Crippen molar-refractivity contribution in [1.82, 2.24) is 0 Å². The van der Waals surface area contributed by atoms with Crippen LogP contribution in [0.3, 0.4) is 0 Å². The molecule has 0 saturated carbocycles. The fraction of sp³-hybridized carbons (Fsp3) is 0.188. The second kappa shape index (κ2) is 10.6. The molecule has 1 unspecified atom stereocenters. The van der Waals surface area contributed by atoms with Crippen molar-refractivity contribution in [3.05, 3.63) is 122 Å². The van der Waals surface area contributed by atoms with Crippen molar-refractivity contribution >= 4 is 20.3 Å². The summed E-state index contributed by atoms with van der Waals surface area (Å²) in [6.45, 7) is 11.6.